The minimum absolute atomic E-state index is 0.177. The van der Waals surface area contributed by atoms with E-state index in [0.717, 1.165) is 12.1 Å². The van der Waals surface area contributed by atoms with Crippen molar-refractivity contribution >= 4 is 28.9 Å². The number of nitrogens with zero attached hydrogens (tertiary/aromatic N) is 4. The summed E-state index contributed by atoms with van der Waals surface area (Å²) in [5.74, 6) is -1.81. The van der Waals surface area contributed by atoms with Crippen molar-refractivity contribution in [2.24, 2.45) is 17.3 Å². The third-order valence-electron chi connectivity index (χ3n) is 5.61. The van der Waals surface area contributed by atoms with Crippen LogP contribution in [0.15, 0.2) is 29.8 Å². The second kappa shape index (κ2) is 7.34. The Morgan fingerprint density at radius 1 is 1.26 bits per heavy atom. The van der Waals surface area contributed by atoms with E-state index in [1.54, 1.807) is 18.2 Å². The number of halogens is 2. The van der Waals surface area contributed by atoms with Gasteiger partial charge in [0.25, 0.3) is 0 Å². The molecule has 1 aromatic rings. The molecule has 0 aromatic heterocycles. The average molecular weight is 398 g/mol. The van der Waals surface area contributed by atoms with Crippen molar-refractivity contribution in [2.45, 2.75) is 12.8 Å². The fraction of sp³-hybridized carbons (Fsp3) is 0.400. The predicted molar refractivity (Wildman–Crippen MR) is 103 cm³/mol. The number of hydrogen-bond donors (Lipinski definition) is 1. The van der Waals surface area contributed by atoms with Crippen LogP contribution in [0.2, 0.25) is 10.0 Å². The van der Waals surface area contributed by atoms with Gasteiger partial charge >= 0.3 is 0 Å². The van der Waals surface area contributed by atoms with Crippen molar-refractivity contribution in [2.75, 3.05) is 19.6 Å². The van der Waals surface area contributed by atoms with Gasteiger partial charge in [-0.1, -0.05) is 36.2 Å². The van der Waals surface area contributed by atoms with Crippen LogP contribution >= 0.6 is 23.2 Å². The minimum Gasteiger partial charge on any atom is -0.305 e. The Balaban J connectivity index is 2.30. The van der Waals surface area contributed by atoms with E-state index in [4.69, 9.17) is 28.6 Å². The lowest BCUT2D eigenvalue weighted by Gasteiger charge is -2.47. The zero-order valence-corrected chi connectivity index (χ0v) is 16.2. The second-order valence-electron chi connectivity index (χ2n) is 6.81. The number of fused-ring (bicyclic) bond motifs is 1. The Kier molecular flexibility index (Phi) is 5.27. The SMILES string of the molecule is CCN1CC=C2C(C#N)C(=N)C(C#N)(C#N)[C@@H](c3cc(Cl)ccc3Cl)[C@H]2C1. The van der Waals surface area contributed by atoms with E-state index in [9.17, 15) is 15.8 Å². The minimum atomic E-state index is -1.77. The van der Waals surface area contributed by atoms with Gasteiger partial charge in [0.15, 0.2) is 5.41 Å². The maximum absolute atomic E-state index is 10.00. The van der Waals surface area contributed by atoms with Crippen LogP contribution in [0.5, 0.6) is 0 Å². The zero-order valence-electron chi connectivity index (χ0n) is 14.7. The Labute approximate surface area is 168 Å². The molecule has 5 nitrogen and oxygen atoms in total. The maximum atomic E-state index is 10.00. The third-order valence-corrected chi connectivity index (χ3v) is 6.19. The van der Waals surface area contributed by atoms with Crippen LogP contribution in [-0.4, -0.2) is 30.2 Å². The van der Waals surface area contributed by atoms with E-state index >= 15 is 0 Å². The smallest absolute Gasteiger partial charge is 0.189 e. The standard InChI is InChI=1S/C20H17Cl2N5/c1-2-27-6-5-13-15(8-23)19(26)20(10-24,11-25)18(16(13)9-27)14-7-12(21)3-4-17(14)22/h3-5,7,15-16,18,26H,2,6,9H2,1H3/t15?,16-,18-/m0/s1. The molecule has 0 bridgehead atoms. The van der Waals surface area contributed by atoms with Gasteiger partial charge in [-0.25, -0.2) is 0 Å². The van der Waals surface area contributed by atoms with Crippen molar-refractivity contribution in [3.8, 4) is 18.2 Å². The van der Waals surface area contributed by atoms with Crippen LogP contribution in [-0.2, 0) is 0 Å². The lowest BCUT2D eigenvalue weighted by Crippen LogP contribution is -2.52. The van der Waals surface area contributed by atoms with Crippen molar-refractivity contribution < 1.29 is 0 Å². The fourth-order valence-corrected chi connectivity index (χ4v) is 4.64. The summed E-state index contributed by atoms with van der Waals surface area (Å²) in [6, 6.07) is 11.2. The molecular formula is C20H17Cl2N5. The van der Waals surface area contributed by atoms with E-state index in [-0.39, 0.29) is 11.6 Å². The van der Waals surface area contributed by atoms with E-state index in [1.807, 2.05) is 13.0 Å². The first-order chi connectivity index (χ1) is 12.9. The van der Waals surface area contributed by atoms with E-state index in [0.29, 0.717) is 28.7 Å². The topological polar surface area (TPSA) is 98.5 Å². The van der Waals surface area contributed by atoms with Crippen LogP contribution in [0.1, 0.15) is 18.4 Å². The van der Waals surface area contributed by atoms with Gasteiger partial charge in [-0.05, 0) is 35.9 Å². The molecule has 0 amide bonds. The molecule has 1 heterocycles. The molecule has 0 radical (unpaired) electrons. The average Bonchev–Trinajstić information content (AvgIpc) is 2.69. The molecule has 2 aliphatic rings. The molecule has 1 aromatic carbocycles. The number of benzene rings is 1. The summed E-state index contributed by atoms with van der Waals surface area (Å²) in [6.07, 6.45) is 1.96. The zero-order chi connectivity index (χ0) is 19.8. The Hall–Kier alpha value is -2.36. The molecule has 1 aliphatic heterocycles. The first-order valence-corrected chi connectivity index (χ1v) is 9.37. The van der Waals surface area contributed by atoms with Crippen molar-refractivity contribution in [3.05, 3.63) is 45.5 Å². The molecule has 27 heavy (non-hydrogen) atoms. The highest BCUT2D eigenvalue weighted by Crippen LogP contribution is 2.54. The second-order valence-corrected chi connectivity index (χ2v) is 7.66. The van der Waals surface area contributed by atoms with Gasteiger partial charge in [0.1, 0.15) is 5.92 Å². The third kappa shape index (κ3) is 2.91. The van der Waals surface area contributed by atoms with Crippen molar-refractivity contribution in [3.63, 3.8) is 0 Å². The summed E-state index contributed by atoms with van der Waals surface area (Å²) >= 11 is 12.6. The first kappa shape index (κ1) is 19.4. The van der Waals surface area contributed by atoms with E-state index in [1.165, 1.54) is 0 Å². The van der Waals surface area contributed by atoms with Gasteiger partial charge in [0.05, 0.1) is 23.9 Å². The van der Waals surface area contributed by atoms with Crippen molar-refractivity contribution in [1.82, 2.24) is 4.90 Å². The lowest BCUT2D eigenvalue weighted by molar-refractivity contribution is 0.212. The molecule has 136 valence electrons. The molecule has 0 saturated heterocycles. The summed E-state index contributed by atoms with van der Waals surface area (Å²) in [5.41, 5.74) is -0.576. The molecule has 7 heteroatoms. The molecule has 1 unspecified atom stereocenters. The van der Waals surface area contributed by atoms with E-state index < -0.39 is 17.3 Å². The Morgan fingerprint density at radius 3 is 2.56 bits per heavy atom. The summed E-state index contributed by atoms with van der Waals surface area (Å²) < 4.78 is 0. The molecule has 1 N–H and O–H groups in total. The van der Waals surface area contributed by atoms with Gasteiger partial charge in [-0.2, -0.15) is 15.8 Å². The molecule has 0 spiro atoms. The lowest BCUT2D eigenvalue weighted by atomic mass is 9.54. The molecule has 1 saturated carbocycles. The summed E-state index contributed by atoms with van der Waals surface area (Å²) in [7, 11) is 0. The van der Waals surface area contributed by atoms with Crippen LogP contribution < -0.4 is 0 Å². The number of nitriles is 3. The van der Waals surface area contributed by atoms with Crippen LogP contribution in [0.4, 0.5) is 0 Å². The highest BCUT2D eigenvalue weighted by molar-refractivity contribution is 6.33. The Bertz CT molecular complexity index is 933. The summed E-state index contributed by atoms with van der Waals surface area (Å²) in [4.78, 5) is 2.18. The van der Waals surface area contributed by atoms with Crippen LogP contribution in [0.25, 0.3) is 0 Å². The molecule has 1 aliphatic carbocycles. The molecule has 1 fully saturated rings. The molecule has 3 rings (SSSR count). The highest BCUT2D eigenvalue weighted by atomic mass is 35.5. The van der Waals surface area contributed by atoms with Crippen LogP contribution in [0.3, 0.4) is 0 Å². The van der Waals surface area contributed by atoms with Gasteiger partial charge in [-0.15, -0.1) is 0 Å². The largest absolute Gasteiger partial charge is 0.305 e. The maximum Gasteiger partial charge on any atom is 0.189 e. The number of rotatable bonds is 2. The quantitative estimate of drug-likeness (QED) is 0.756. The monoisotopic (exact) mass is 397 g/mol. The van der Waals surface area contributed by atoms with Gasteiger partial charge in [0, 0.05) is 35.0 Å². The van der Waals surface area contributed by atoms with Crippen LogP contribution in [0, 0.1) is 56.7 Å². The highest BCUT2D eigenvalue weighted by Gasteiger charge is 2.58. The normalized spacial score (nSPS) is 26.9. The van der Waals surface area contributed by atoms with Gasteiger partial charge in [0.2, 0.25) is 0 Å². The van der Waals surface area contributed by atoms with Crippen molar-refractivity contribution in [1.29, 1.82) is 21.2 Å². The van der Waals surface area contributed by atoms with Gasteiger partial charge in [-0.3, -0.25) is 4.90 Å². The summed E-state index contributed by atoms with van der Waals surface area (Å²) in [6.45, 7) is 4.11. The number of likely N-dealkylation sites (N-methyl/N-ethyl adjacent to an activating group) is 1. The Morgan fingerprint density at radius 2 is 1.96 bits per heavy atom. The number of nitrogens with one attached hydrogen (secondary N) is 1. The molecular weight excluding hydrogens is 381 g/mol. The number of hydrogen-bond acceptors (Lipinski definition) is 5. The van der Waals surface area contributed by atoms with E-state index in [2.05, 4.69) is 23.1 Å². The first-order valence-electron chi connectivity index (χ1n) is 8.61. The van der Waals surface area contributed by atoms with Gasteiger partial charge < -0.3 is 5.41 Å². The summed E-state index contributed by atoms with van der Waals surface area (Å²) in [5, 5.41) is 39.1. The predicted octanol–water partition coefficient (Wildman–Crippen LogP) is 4.16. The fourth-order valence-electron chi connectivity index (χ4n) is 4.22. The molecule has 3 atom stereocenters.